The summed E-state index contributed by atoms with van der Waals surface area (Å²) in [6.45, 7) is 9.18. The van der Waals surface area contributed by atoms with E-state index in [1.54, 1.807) is 0 Å². The van der Waals surface area contributed by atoms with Gasteiger partial charge in [0.25, 0.3) is 0 Å². The minimum Gasteiger partial charge on any atom is -0.456 e. The van der Waals surface area contributed by atoms with Crippen molar-refractivity contribution in [2.75, 3.05) is 0 Å². The highest BCUT2D eigenvalue weighted by molar-refractivity contribution is 6.22. The Morgan fingerprint density at radius 2 is 1.04 bits per heavy atom. The molecule has 0 fully saturated rings. The van der Waals surface area contributed by atoms with Crippen LogP contribution in [0.15, 0.2) is 239 Å². The van der Waals surface area contributed by atoms with E-state index in [1.807, 2.05) is 0 Å². The molecule has 0 aliphatic rings. The third-order valence-corrected chi connectivity index (χ3v) is 16.1. The summed E-state index contributed by atoms with van der Waals surface area (Å²) in [4.78, 5) is 6.09. The summed E-state index contributed by atoms with van der Waals surface area (Å²) >= 11 is 0. The predicted octanol–water partition coefficient (Wildman–Crippen LogP) is 19.3. The summed E-state index contributed by atoms with van der Waals surface area (Å²) < 4.78 is 12.2. The molecule has 14 aromatic rings. The Balaban J connectivity index is 1.05. The Labute approximate surface area is 429 Å². The largest absolute Gasteiger partial charge is 0.456 e. The van der Waals surface area contributed by atoms with E-state index < -0.39 is 0 Å². The Kier molecular flexibility index (Phi) is 10.3. The lowest BCUT2D eigenvalue weighted by Crippen LogP contribution is -2.14. The van der Waals surface area contributed by atoms with Crippen LogP contribution in [0.3, 0.4) is 0 Å². The van der Waals surface area contributed by atoms with Gasteiger partial charge in [0, 0.05) is 54.6 Å². The first-order chi connectivity index (χ1) is 36.4. The van der Waals surface area contributed by atoms with Crippen LogP contribution in [-0.4, -0.2) is 14.8 Å². The second kappa shape index (κ2) is 17.4. The van der Waals surface area contributed by atoms with E-state index in [-0.39, 0.29) is 12.0 Å². The Hall–Kier alpha value is -8.99. The minimum atomic E-state index is -0.274. The van der Waals surface area contributed by atoms with Crippen LogP contribution >= 0.6 is 0 Å². The standard InChI is InChI=1S/C70H53N3O/c1-5-43(2)67(71-68(47-21-8-6-9-22-47)45(4)44(3)48-33-34-57-56-30-18-19-31-63(56)72(64(57)38-48)53-27-10-7-11-28-53)62-42-54(41-61-60-37-50-24-13-15-26-52(50)40-66(60)74-70(61)62)73-65-39-51-25-14-12-23-49(51)36-59(65)58-35-32-46-20-16-17-29-55(46)69(58)73/h6-43,67H,5H2,1-4H3/b45-44+,71-68?. The molecule has 11 aromatic carbocycles. The number of aliphatic imine (C=N–C) groups is 1. The number of hydrogen-bond acceptors (Lipinski definition) is 2. The van der Waals surface area contributed by atoms with E-state index in [2.05, 4.69) is 261 Å². The lowest BCUT2D eigenvalue weighted by Gasteiger charge is -2.24. The second-order valence-electron chi connectivity index (χ2n) is 20.3. The van der Waals surface area contributed by atoms with Crippen LogP contribution in [0.2, 0.25) is 0 Å². The van der Waals surface area contributed by atoms with E-state index in [0.717, 1.165) is 67.5 Å². The number of furan rings is 1. The van der Waals surface area contributed by atoms with Gasteiger partial charge in [0.05, 0.1) is 33.8 Å². The highest BCUT2D eigenvalue weighted by atomic mass is 16.3. The molecule has 2 unspecified atom stereocenters. The summed E-state index contributed by atoms with van der Waals surface area (Å²) in [5.41, 5.74) is 15.4. The average molecular weight is 952 g/mol. The fourth-order valence-corrected chi connectivity index (χ4v) is 12.0. The van der Waals surface area contributed by atoms with Crippen molar-refractivity contribution in [2.24, 2.45) is 10.9 Å². The number of allylic oxidation sites excluding steroid dienone is 2. The maximum absolute atomic E-state index is 7.23. The molecule has 0 bridgehead atoms. The third kappa shape index (κ3) is 6.93. The summed E-state index contributed by atoms with van der Waals surface area (Å²) in [6, 6.07) is 81.8. The molecular weight excluding hydrogens is 899 g/mol. The topological polar surface area (TPSA) is 35.4 Å². The molecule has 354 valence electrons. The molecule has 0 aliphatic heterocycles. The molecule has 0 amide bonds. The van der Waals surface area contributed by atoms with E-state index in [9.17, 15) is 0 Å². The molecule has 4 nitrogen and oxygen atoms in total. The number of para-hydroxylation sites is 2. The van der Waals surface area contributed by atoms with Crippen molar-refractivity contribution in [3.8, 4) is 11.4 Å². The van der Waals surface area contributed by atoms with Gasteiger partial charge in [0.1, 0.15) is 11.2 Å². The van der Waals surface area contributed by atoms with Crippen LogP contribution in [0.25, 0.3) is 115 Å². The van der Waals surface area contributed by atoms with Gasteiger partial charge < -0.3 is 13.6 Å². The SMILES string of the molecule is CCC(C)C(N=C(/C(C)=C(\C)c1ccc2c3ccccc3n(-c3ccccc3)c2c1)c1ccccc1)c1cc(-n2c3cc4ccccc4cc3c3ccc4ccccc4c32)cc2c1oc1cc3ccccc3cc12. The first-order valence-corrected chi connectivity index (χ1v) is 26.0. The monoisotopic (exact) mass is 951 g/mol. The first kappa shape index (κ1) is 43.8. The van der Waals surface area contributed by atoms with E-state index in [4.69, 9.17) is 9.41 Å². The molecule has 14 rings (SSSR count). The van der Waals surface area contributed by atoms with Crippen LogP contribution in [-0.2, 0) is 0 Å². The van der Waals surface area contributed by atoms with Gasteiger partial charge >= 0.3 is 0 Å². The molecule has 74 heavy (non-hydrogen) atoms. The highest BCUT2D eigenvalue weighted by Crippen LogP contribution is 2.45. The van der Waals surface area contributed by atoms with Gasteiger partial charge in [-0.1, -0.05) is 184 Å². The molecule has 0 N–H and O–H groups in total. The molecular formula is C70H53N3O. The number of aromatic nitrogens is 2. The normalized spacial score (nSPS) is 13.6. The molecule has 4 heteroatoms. The predicted molar refractivity (Wildman–Crippen MR) is 315 cm³/mol. The van der Waals surface area contributed by atoms with Gasteiger partial charge in [-0.3, -0.25) is 4.99 Å². The summed E-state index contributed by atoms with van der Waals surface area (Å²) in [5.74, 6) is 0.147. The average Bonchev–Trinajstić information content (AvgIpc) is 4.10. The van der Waals surface area contributed by atoms with Gasteiger partial charge in [-0.2, -0.15) is 0 Å². The maximum atomic E-state index is 7.23. The van der Waals surface area contributed by atoms with Crippen molar-refractivity contribution < 1.29 is 4.42 Å². The fraction of sp³-hybridized carbons (Fsp3) is 0.100. The second-order valence-corrected chi connectivity index (χ2v) is 20.3. The van der Waals surface area contributed by atoms with Crippen molar-refractivity contribution in [3.63, 3.8) is 0 Å². The Morgan fingerprint density at radius 3 is 1.78 bits per heavy atom. The molecule has 0 radical (unpaired) electrons. The minimum absolute atomic E-state index is 0.147. The molecule has 3 aromatic heterocycles. The van der Waals surface area contributed by atoms with Crippen LogP contribution in [0, 0.1) is 5.92 Å². The van der Waals surface area contributed by atoms with E-state index >= 15 is 0 Å². The molecule has 3 heterocycles. The zero-order chi connectivity index (χ0) is 49.6. The van der Waals surface area contributed by atoms with Crippen molar-refractivity contribution in [3.05, 3.63) is 247 Å². The Bertz CT molecular complexity index is 4620. The lowest BCUT2D eigenvalue weighted by molar-refractivity contribution is 0.457. The zero-order valence-electron chi connectivity index (χ0n) is 42.0. The third-order valence-electron chi connectivity index (χ3n) is 16.1. The number of rotatable bonds is 9. The first-order valence-electron chi connectivity index (χ1n) is 26.0. The van der Waals surface area contributed by atoms with Crippen molar-refractivity contribution >= 4 is 109 Å². The van der Waals surface area contributed by atoms with E-state index in [0.29, 0.717) is 0 Å². The van der Waals surface area contributed by atoms with Crippen molar-refractivity contribution in [1.29, 1.82) is 0 Å². The van der Waals surface area contributed by atoms with Crippen LogP contribution in [0.5, 0.6) is 0 Å². The molecule has 0 aliphatic carbocycles. The number of benzene rings is 11. The Morgan fingerprint density at radius 1 is 0.446 bits per heavy atom. The quantitative estimate of drug-likeness (QED) is 0.133. The van der Waals surface area contributed by atoms with Gasteiger partial charge in [0.15, 0.2) is 0 Å². The van der Waals surface area contributed by atoms with Gasteiger partial charge in [-0.05, 0) is 130 Å². The fourth-order valence-electron chi connectivity index (χ4n) is 12.0. The molecule has 0 saturated carbocycles. The summed E-state index contributed by atoms with van der Waals surface area (Å²) in [7, 11) is 0. The molecule has 0 saturated heterocycles. The molecule has 0 spiro atoms. The number of nitrogens with zero attached hydrogens (tertiary/aromatic N) is 3. The van der Waals surface area contributed by atoms with Gasteiger partial charge in [-0.25, -0.2) is 0 Å². The zero-order valence-corrected chi connectivity index (χ0v) is 42.0. The van der Waals surface area contributed by atoms with Crippen molar-refractivity contribution in [2.45, 2.75) is 40.2 Å². The number of fused-ring (bicyclic) bond motifs is 13. The summed E-state index contributed by atoms with van der Waals surface area (Å²) in [6.07, 6.45) is 0.917. The van der Waals surface area contributed by atoms with E-state index in [1.165, 1.54) is 81.7 Å². The maximum Gasteiger partial charge on any atom is 0.140 e. The van der Waals surface area contributed by atoms with Crippen LogP contribution < -0.4 is 0 Å². The van der Waals surface area contributed by atoms with Crippen LogP contribution in [0.1, 0.15) is 56.8 Å². The van der Waals surface area contributed by atoms with Gasteiger partial charge in [-0.15, -0.1) is 0 Å². The molecule has 2 atom stereocenters. The highest BCUT2D eigenvalue weighted by Gasteiger charge is 2.28. The summed E-state index contributed by atoms with van der Waals surface area (Å²) in [5, 5.41) is 14.3. The van der Waals surface area contributed by atoms with Crippen molar-refractivity contribution in [1.82, 2.24) is 9.13 Å². The van der Waals surface area contributed by atoms with Gasteiger partial charge in [0.2, 0.25) is 0 Å². The number of hydrogen-bond donors (Lipinski definition) is 0. The van der Waals surface area contributed by atoms with Crippen LogP contribution in [0.4, 0.5) is 0 Å². The smallest absolute Gasteiger partial charge is 0.140 e. The lowest BCUT2D eigenvalue weighted by atomic mass is 9.89.